The number of benzene rings is 2. The average Bonchev–Trinajstić information content (AvgIpc) is 2.81. The monoisotopic (exact) mass is 470 g/mol. The fourth-order valence-electron chi connectivity index (χ4n) is 3.99. The third-order valence-corrected chi connectivity index (χ3v) is 5.78. The molecule has 1 aromatic heterocycles. The van der Waals surface area contributed by atoms with E-state index in [0.29, 0.717) is 11.8 Å². The first kappa shape index (κ1) is 23.6. The van der Waals surface area contributed by atoms with Crippen molar-refractivity contribution < 1.29 is 18.0 Å². The Bertz CT molecular complexity index is 1170. The summed E-state index contributed by atoms with van der Waals surface area (Å²) >= 11 is 0. The van der Waals surface area contributed by atoms with E-state index in [1.807, 2.05) is 30.3 Å². The van der Waals surface area contributed by atoms with Crippen LogP contribution < -0.4 is 15.8 Å². The highest BCUT2D eigenvalue weighted by atomic mass is 19.4. The number of hydrogen-bond acceptors (Lipinski definition) is 4. The lowest BCUT2D eigenvalue weighted by Gasteiger charge is -2.36. The van der Waals surface area contributed by atoms with Crippen LogP contribution in [0.25, 0.3) is 0 Å². The number of piperazine rings is 1. The summed E-state index contributed by atoms with van der Waals surface area (Å²) in [6, 6.07) is 19.5. The van der Waals surface area contributed by atoms with Crippen molar-refractivity contribution in [3.8, 4) is 0 Å². The van der Waals surface area contributed by atoms with E-state index in [0.717, 1.165) is 55.2 Å². The van der Waals surface area contributed by atoms with Gasteiger partial charge in [-0.1, -0.05) is 30.3 Å². The molecular formula is C25H25F3N4O2. The number of nitrogens with one attached hydrogen (secondary N) is 1. The highest BCUT2D eigenvalue weighted by Crippen LogP contribution is 2.26. The van der Waals surface area contributed by atoms with Crippen LogP contribution in [-0.4, -0.2) is 41.6 Å². The van der Waals surface area contributed by atoms with E-state index >= 15 is 0 Å². The Morgan fingerprint density at radius 1 is 0.882 bits per heavy atom. The number of pyridine rings is 1. The fourth-order valence-corrected chi connectivity index (χ4v) is 3.99. The second-order valence-electron chi connectivity index (χ2n) is 8.20. The molecule has 2 aromatic carbocycles. The molecule has 0 aliphatic carbocycles. The van der Waals surface area contributed by atoms with Gasteiger partial charge >= 0.3 is 6.18 Å². The zero-order chi connectivity index (χ0) is 24.1. The van der Waals surface area contributed by atoms with E-state index in [1.165, 1.54) is 5.56 Å². The second-order valence-corrected chi connectivity index (χ2v) is 8.20. The number of hydrogen-bond donors (Lipinski definition) is 1. The molecule has 1 aliphatic rings. The van der Waals surface area contributed by atoms with Crippen molar-refractivity contribution in [2.75, 3.05) is 36.4 Å². The van der Waals surface area contributed by atoms with Crippen LogP contribution in [0.1, 0.15) is 11.1 Å². The van der Waals surface area contributed by atoms with E-state index in [4.69, 9.17) is 0 Å². The van der Waals surface area contributed by atoms with Crippen LogP contribution in [0.2, 0.25) is 0 Å². The quantitative estimate of drug-likeness (QED) is 0.595. The molecule has 0 radical (unpaired) electrons. The van der Waals surface area contributed by atoms with Gasteiger partial charge in [-0.3, -0.25) is 14.5 Å². The van der Waals surface area contributed by atoms with E-state index in [-0.39, 0.29) is 0 Å². The van der Waals surface area contributed by atoms with Gasteiger partial charge in [0.05, 0.1) is 0 Å². The number of carbonyl (C=O) groups is 1. The van der Waals surface area contributed by atoms with Gasteiger partial charge in [0.15, 0.2) is 0 Å². The summed E-state index contributed by atoms with van der Waals surface area (Å²) < 4.78 is 39.5. The van der Waals surface area contributed by atoms with Crippen LogP contribution in [-0.2, 0) is 24.1 Å². The minimum atomic E-state index is -4.76. The summed E-state index contributed by atoms with van der Waals surface area (Å²) in [6.45, 7) is 4.08. The first-order valence-electron chi connectivity index (χ1n) is 11.0. The number of rotatable bonds is 6. The van der Waals surface area contributed by atoms with Gasteiger partial charge in [0, 0.05) is 50.3 Å². The smallest absolute Gasteiger partial charge is 0.369 e. The molecule has 0 saturated carbocycles. The predicted octanol–water partition coefficient (Wildman–Crippen LogP) is 3.83. The third-order valence-electron chi connectivity index (χ3n) is 5.78. The van der Waals surface area contributed by atoms with Crippen molar-refractivity contribution >= 4 is 17.3 Å². The lowest BCUT2D eigenvalue weighted by molar-refractivity contribution is -0.139. The summed E-state index contributed by atoms with van der Waals surface area (Å²) in [4.78, 5) is 29.0. The Morgan fingerprint density at radius 3 is 2.21 bits per heavy atom. The molecule has 0 unspecified atom stereocenters. The first-order chi connectivity index (χ1) is 16.3. The minimum Gasteiger partial charge on any atom is -0.369 e. The molecule has 0 spiro atoms. The van der Waals surface area contributed by atoms with Crippen molar-refractivity contribution in [3.05, 3.63) is 94.4 Å². The van der Waals surface area contributed by atoms with Crippen molar-refractivity contribution in [1.82, 2.24) is 9.47 Å². The maximum Gasteiger partial charge on any atom is 0.421 e. The van der Waals surface area contributed by atoms with Gasteiger partial charge in [0.1, 0.15) is 12.1 Å². The third kappa shape index (κ3) is 5.85. The second kappa shape index (κ2) is 10.1. The SMILES string of the molecule is O=C(Cn1cccc(C(F)(F)F)c1=O)Nc1ccc(N2CCN(Cc3ccccc3)CC2)cc1. The van der Waals surface area contributed by atoms with Crippen molar-refractivity contribution in [3.63, 3.8) is 0 Å². The molecule has 2 heterocycles. The van der Waals surface area contributed by atoms with Gasteiger partial charge < -0.3 is 14.8 Å². The van der Waals surface area contributed by atoms with E-state index in [1.54, 1.807) is 12.1 Å². The molecule has 1 N–H and O–H groups in total. The summed E-state index contributed by atoms with van der Waals surface area (Å²) in [7, 11) is 0. The lowest BCUT2D eigenvalue weighted by Crippen LogP contribution is -2.45. The van der Waals surface area contributed by atoms with E-state index in [9.17, 15) is 22.8 Å². The Hall–Kier alpha value is -3.59. The van der Waals surface area contributed by atoms with Crippen LogP contribution in [0.4, 0.5) is 24.5 Å². The van der Waals surface area contributed by atoms with Crippen LogP contribution in [0.3, 0.4) is 0 Å². The Morgan fingerprint density at radius 2 is 1.56 bits per heavy atom. The number of carbonyl (C=O) groups excluding carboxylic acids is 1. The maximum atomic E-state index is 12.9. The number of alkyl halides is 3. The summed E-state index contributed by atoms with van der Waals surface area (Å²) in [5.74, 6) is -0.580. The Balaban J connectivity index is 1.30. The topological polar surface area (TPSA) is 57.6 Å². The van der Waals surface area contributed by atoms with Gasteiger partial charge in [0.2, 0.25) is 5.91 Å². The summed E-state index contributed by atoms with van der Waals surface area (Å²) in [5, 5.41) is 2.63. The fraction of sp³-hybridized carbons (Fsp3) is 0.280. The number of anilines is 2. The van der Waals surface area contributed by atoms with E-state index in [2.05, 4.69) is 27.2 Å². The number of aromatic nitrogens is 1. The molecule has 0 atom stereocenters. The van der Waals surface area contributed by atoms with Crippen molar-refractivity contribution in [2.24, 2.45) is 0 Å². The molecule has 34 heavy (non-hydrogen) atoms. The standard InChI is InChI=1S/C25H25F3N4O2/c26-25(27,28)22-7-4-12-32(24(22)34)18-23(33)29-20-8-10-21(11-9-20)31-15-13-30(14-16-31)17-19-5-2-1-3-6-19/h1-12H,13-18H2,(H,29,33). The van der Waals surface area contributed by atoms with Crippen LogP contribution in [0.15, 0.2) is 77.7 Å². The Kier molecular flexibility index (Phi) is 7.02. The van der Waals surface area contributed by atoms with Crippen LogP contribution in [0.5, 0.6) is 0 Å². The normalized spacial score (nSPS) is 14.7. The molecule has 4 rings (SSSR count). The summed E-state index contributed by atoms with van der Waals surface area (Å²) in [6.07, 6.45) is -3.60. The molecule has 1 saturated heterocycles. The molecule has 178 valence electrons. The molecule has 3 aromatic rings. The van der Waals surface area contributed by atoms with Gasteiger partial charge in [-0.15, -0.1) is 0 Å². The van der Waals surface area contributed by atoms with Gasteiger partial charge in [-0.05, 0) is 42.0 Å². The van der Waals surface area contributed by atoms with E-state index < -0.39 is 29.8 Å². The molecule has 9 heteroatoms. The van der Waals surface area contributed by atoms with Crippen LogP contribution in [0, 0.1) is 0 Å². The van der Waals surface area contributed by atoms with Crippen molar-refractivity contribution in [1.29, 1.82) is 0 Å². The average molecular weight is 470 g/mol. The molecule has 6 nitrogen and oxygen atoms in total. The Labute approximate surface area is 195 Å². The highest BCUT2D eigenvalue weighted by molar-refractivity contribution is 5.90. The van der Waals surface area contributed by atoms with Gasteiger partial charge in [-0.25, -0.2) is 0 Å². The minimum absolute atomic E-state index is 0.506. The zero-order valence-electron chi connectivity index (χ0n) is 18.5. The van der Waals surface area contributed by atoms with Crippen molar-refractivity contribution in [2.45, 2.75) is 19.3 Å². The van der Waals surface area contributed by atoms with Crippen LogP contribution >= 0.6 is 0 Å². The number of nitrogens with zero attached hydrogens (tertiary/aromatic N) is 3. The summed E-state index contributed by atoms with van der Waals surface area (Å²) in [5.41, 5.74) is 0.300. The number of halogens is 3. The number of amides is 1. The van der Waals surface area contributed by atoms with Gasteiger partial charge in [0.25, 0.3) is 5.56 Å². The largest absolute Gasteiger partial charge is 0.421 e. The molecular weight excluding hydrogens is 445 g/mol. The molecule has 1 amide bonds. The highest BCUT2D eigenvalue weighted by Gasteiger charge is 2.34. The molecule has 0 bridgehead atoms. The zero-order valence-corrected chi connectivity index (χ0v) is 18.5. The predicted molar refractivity (Wildman–Crippen MR) is 125 cm³/mol. The van der Waals surface area contributed by atoms with Gasteiger partial charge in [-0.2, -0.15) is 13.2 Å². The molecule has 1 fully saturated rings. The first-order valence-corrected chi connectivity index (χ1v) is 11.0. The lowest BCUT2D eigenvalue weighted by atomic mass is 10.2. The molecule has 1 aliphatic heterocycles. The maximum absolute atomic E-state index is 12.9.